The Morgan fingerprint density at radius 3 is 2.70 bits per heavy atom. The molecule has 1 aromatic carbocycles. The maximum Gasteiger partial charge on any atom is 0.235 e. The van der Waals surface area contributed by atoms with Gasteiger partial charge in [0.15, 0.2) is 11.5 Å². The van der Waals surface area contributed by atoms with Gasteiger partial charge in [0.1, 0.15) is 0 Å². The average Bonchev–Trinajstić information content (AvgIpc) is 3.32. The highest BCUT2D eigenvalue weighted by Gasteiger charge is 2.46. The van der Waals surface area contributed by atoms with Crippen molar-refractivity contribution in [3.63, 3.8) is 0 Å². The summed E-state index contributed by atoms with van der Waals surface area (Å²) in [5.74, 6) is 2.12. The van der Waals surface area contributed by atoms with E-state index >= 15 is 0 Å². The smallest absolute Gasteiger partial charge is 0.235 e. The number of isocyanates is 1. The van der Waals surface area contributed by atoms with Gasteiger partial charge < -0.3 is 9.47 Å². The molecule has 106 valence electrons. The fraction of sp³-hybridized carbons (Fsp3) is 0.533. The molecule has 0 atom stereocenters. The number of ether oxygens (including phenoxy) is 2. The lowest BCUT2D eigenvalue weighted by Crippen LogP contribution is -2.06. The second kappa shape index (κ2) is 5.23. The van der Waals surface area contributed by atoms with Crippen LogP contribution in [0.1, 0.15) is 31.2 Å². The lowest BCUT2D eigenvalue weighted by molar-refractivity contribution is 0.280. The lowest BCUT2D eigenvalue weighted by Gasteiger charge is -2.16. The molecule has 5 heteroatoms. The van der Waals surface area contributed by atoms with E-state index in [-0.39, 0.29) is 0 Å². The first-order chi connectivity index (χ1) is 9.68. The van der Waals surface area contributed by atoms with E-state index in [9.17, 15) is 4.79 Å². The van der Waals surface area contributed by atoms with Crippen molar-refractivity contribution in [1.82, 2.24) is 0 Å². The Kier molecular flexibility index (Phi) is 3.57. The van der Waals surface area contributed by atoms with E-state index in [0.717, 1.165) is 35.2 Å². The molecule has 4 nitrogen and oxygen atoms in total. The molecule has 20 heavy (non-hydrogen) atoms. The van der Waals surface area contributed by atoms with Crippen molar-refractivity contribution in [3.05, 3.63) is 22.2 Å². The number of methoxy groups -OCH3 is 1. The van der Waals surface area contributed by atoms with E-state index < -0.39 is 5.54 Å². The molecule has 0 N–H and O–H groups in total. The zero-order chi connectivity index (χ0) is 14.2. The van der Waals surface area contributed by atoms with Gasteiger partial charge in [-0.1, -0.05) is 15.9 Å². The Morgan fingerprint density at radius 2 is 2.15 bits per heavy atom. The van der Waals surface area contributed by atoms with E-state index in [2.05, 4.69) is 20.9 Å². The number of nitrogens with zero attached hydrogens (tertiary/aromatic N) is 1. The zero-order valence-electron chi connectivity index (χ0n) is 11.3. The van der Waals surface area contributed by atoms with Gasteiger partial charge in [0, 0.05) is 4.47 Å². The zero-order valence-corrected chi connectivity index (χ0v) is 12.9. The van der Waals surface area contributed by atoms with Crippen molar-refractivity contribution < 1.29 is 14.3 Å². The lowest BCUT2D eigenvalue weighted by atomic mass is 10.0. The Hall–Kier alpha value is -1.32. The summed E-state index contributed by atoms with van der Waals surface area (Å²) in [6.45, 7) is 0.736. The molecule has 0 amide bonds. The Labute approximate surface area is 126 Å². The Balaban J connectivity index is 1.90. The Bertz CT molecular complexity index is 573. The van der Waals surface area contributed by atoms with Crippen molar-refractivity contribution in [3.8, 4) is 11.5 Å². The number of halogens is 1. The monoisotopic (exact) mass is 337 g/mol. The van der Waals surface area contributed by atoms with Gasteiger partial charge in [-0.05, 0) is 49.3 Å². The minimum Gasteiger partial charge on any atom is -0.493 e. The fourth-order valence-electron chi connectivity index (χ4n) is 2.30. The summed E-state index contributed by atoms with van der Waals surface area (Å²) in [4.78, 5) is 14.5. The van der Waals surface area contributed by atoms with E-state index in [1.807, 2.05) is 12.1 Å². The van der Waals surface area contributed by atoms with Gasteiger partial charge in [0.05, 0.1) is 19.3 Å². The second-order valence-electron chi connectivity index (χ2n) is 5.47. The number of hydrogen-bond acceptors (Lipinski definition) is 4. The standard InChI is InChI=1S/C15H16BrNO3/c1-19-13-6-11(15(4-5-15)17-9-18)12(16)7-14(13)20-8-10-2-3-10/h6-7,10H,2-5,8H2,1H3. The summed E-state index contributed by atoms with van der Waals surface area (Å²) < 4.78 is 12.1. The minimum atomic E-state index is -0.414. The van der Waals surface area contributed by atoms with Crippen LogP contribution in [-0.2, 0) is 10.3 Å². The minimum absolute atomic E-state index is 0.414. The van der Waals surface area contributed by atoms with Gasteiger partial charge in [-0.2, -0.15) is 4.99 Å². The van der Waals surface area contributed by atoms with E-state index in [1.165, 1.54) is 12.8 Å². The van der Waals surface area contributed by atoms with Crippen LogP contribution in [0.25, 0.3) is 0 Å². The van der Waals surface area contributed by atoms with Crippen LogP contribution in [0.3, 0.4) is 0 Å². The van der Waals surface area contributed by atoms with Gasteiger partial charge in [0.2, 0.25) is 6.08 Å². The highest BCUT2D eigenvalue weighted by molar-refractivity contribution is 9.10. The number of carbonyl (C=O) groups excluding carboxylic acids is 1. The third kappa shape index (κ3) is 2.60. The maximum atomic E-state index is 10.6. The molecule has 0 heterocycles. The SMILES string of the molecule is COc1cc(C2(N=C=O)CC2)c(Br)cc1OCC1CC1. The van der Waals surface area contributed by atoms with E-state index in [4.69, 9.17) is 9.47 Å². The van der Waals surface area contributed by atoms with Crippen LogP contribution < -0.4 is 9.47 Å². The highest BCUT2D eigenvalue weighted by Crippen LogP contribution is 2.53. The van der Waals surface area contributed by atoms with Crippen molar-refractivity contribution >= 4 is 22.0 Å². The van der Waals surface area contributed by atoms with Crippen LogP contribution in [0.4, 0.5) is 0 Å². The molecular formula is C15H16BrNO3. The molecule has 0 saturated heterocycles. The first-order valence-corrected chi connectivity index (χ1v) is 7.58. The first kappa shape index (κ1) is 13.7. The Morgan fingerprint density at radius 1 is 1.40 bits per heavy atom. The van der Waals surface area contributed by atoms with Crippen LogP contribution in [0, 0.1) is 5.92 Å². The normalized spacial score (nSPS) is 19.1. The predicted octanol–water partition coefficient (Wildman–Crippen LogP) is 3.57. The second-order valence-corrected chi connectivity index (χ2v) is 6.33. The molecule has 0 unspecified atom stereocenters. The molecular weight excluding hydrogens is 322 g/mol. The molecule has 0 aliphatic heterocycles. The molecule has 3 rings (SSSR count). The number of benzene rings is 1. The summed E-state index contributed by atoms with van der Waals surface area (Å²) >= 11 is 3.55. The van der Waals surface area contributed by atoms with Crippen LogP contribution in [0.2, 0.25) is 0 Å². The maximum absolute atomic E-state index is 10.6. The molecule has 0 bridgehead atoms. The van der Waals surface area contributed by atoms with Gasteiger partial charge in [-0.15, -0.1) is 0 Å². The molecule has 2 aliphatic carbocycles. The van der Waals surface area contributed by atoms with Crippen LogP contribution in [-0.4, -0.2) is 19.8 Å². The molecule has 1 aromatic rings. The van der Waals surface area contributed by atoms with E-state index in [0.29, 0.717) is 11.7 Å². The number of aliphatic imine (C=N–C) groups is 1. The summed E-state index contributed by atoms with van der Waals surface area (Å²) in [5, 5.41) is 0. The van der Waals surface area contributed by atoms with Crippen molar-refractivity contribution in [2.75, 3.05) is 13.7 Å². The number of hydrogen-bond donors (Lipinski definition) is 0. The molecule has 2 fully saturated rings. The molecule has 0 spiro atoms. The summed E-state index contributed by atoms with van der Waals surface area (Å²) in [7, 11) is 1.62. The topological polar surface area (TPSA) is 47.9 Å². The average molecular weight is 338 g/mol. The summed E-state index contributed by atoms with van der Waals surface area (Å²) in [6, 6.07) is 3.83. The van der Waals surface area contributed by atoms with Gasteiger partial charge in [-0.25, -0.2) is 4.79 Å². The van der Waals surface area contributed by atoms with Gasteiger partial charge in [-0.3, -0.25) is 0 Å². The quantitative estimate of drug-likeness (QED) is 0.588. The molecule has 0 aromatic heterocycles. The van der Waals surface area contributed by atoms with Crippen molar-refractivity contribution in [1.29, 1.82) is 0 Å². The third-order valence-corrected chi connectivity index (χ3v) is 4.57. The van der Waals surface area contributed by atoms with Crippen LogP contribution in [0.5, 0.6) is 11.5 Å². The number of rotatable bonds is 6. The molecule has 2 saturated carbocycles. The fourth-order valence-corrected chi connectivity index (χ4v) is 2.99. The van der Waals surface area contributed by atoms with Gasteiger partial charge in [0.25, 0.3) is 0 Å². The van der Waals surface area contributed by atoms with Crippen LogP contribution >= 0.6 is 15.9 Å². The van der Waals surface area contributed by atoms with E-state index in [1.54, 1.807) is 13.2 Å². The molecule has 0 radical (unpaired) electrons. The third-order valence-electron chi connectivity index (χ3n) is 3.91. The van der Waals surface area contributed by atoms with Gasteiger partial charge >= 0.3 is 0 Å². The van der Waals surface area contributed by atoms with Crippen molar-refractivity contribution in [2.45, 2.75) is 31.2 Å². The summed E-state index contributed by atoms with van der Waals surface area (Å²) in [5.41, 5.74) is 0.555. The van der Waals surface area contributed by atoms with Crippen molar-refractivity contribution in [2.24, 2.45) is 10.9 Å². The van der Waals surface area contributed by atoms with Crippen LogP contribution in [0.15, 0.2) is 21.6 Å². The highest BCUT2D eigenvalue weighted by atomic mass is 79.9. The first-order valence-electron chi connectivity index (χ1n) is 6.78. The predicted molar refractivity (Wildman–Crippen MR) is 77.9 cm³/mol. The molecule has 2 aliphatic rings. The summed E-state index contributed by atoms with van der Waals surface area (Å²) in [6.07, 6.45) is 5.91. The largest absolute Gasteiger partial charge is 0.493 e.